The molecule has 6 heteroatoms. The van der Waals surface area contributed by atoms with Gasteiger partial charge in [-0.15, -0.1) is 0 Å². The fourth-order valence-corrected chi connectivity index (χ4v) is 10.0. The molecule has 0 rings (SSSR count). The lowest BCUT2D eigenvalue weighted by atomic mass is 10.0. The van der Waals surface area contributed by atoms with Crippen LogP contribution in [-0.4, -0.2) is 37.2 Å². The molecule has 0 fully saturated rings. The number of carbonyl (C=O) groups excluding carboxylic acids is 3. The van der Waals surface area contributed by atoms with Gasteiger partial charge in [-0.2, -0.15) is 0 Å². The van der Waals surface area contributed by atoms with E-state index in [0.717, 1.165) is 116 Å². The lowest BCUT2D eigenvalue weighted by molar-refractivity contribution is -0.167. The number of carbonyl (C=O) groups is 3. The van der Waals surface area contributed by atoms with Crippen molar-refractivity contribution in [3.8, 4) is 0 Å². The first kappa shape index (κ1) is 78.3. The molecule has 0 amide bonds. The SMILES string of the molecule is CC/C=C\C/C=C\C/C=C\C/C=C\CCCCCCCCCCCCCCCCCCC(=O)OCC(COC(=O)CCCCCCC/C=C\CCCCCCCCC)OC(=O)CCCCCCCC/C=C\C/C=C\C/C=C\CCCCC. The van der Waals surface area contributed by atoms with Crippen molar-refractivity contribution in [3.63, 3.8) is 0 Å². The molecular weight excluding hydrogens is 1010 g/mol. The molecule has 1 unspecified atom stereocenters. The van der Waals surface area contributed by atoms with Gasteiger partial charge < -0.3 is 14.2 Å². The molecule has 0 aromatic rings. The number of hydrogen-bond acceptors (Lipinski definition) is 6. The second kappa shape index (κ2) is 69.8. The maximum atomic E-state index is 12.9. The minimum Gasteiger partial charge on any atom is -0.462 e. The van der Waals surface area contributed by atoms with Crippen molar-refractivity contribution in [2.45, 2.75) is 354 Å². The van der Waals surface area contributed by atoms with Gasteiger partial charge in [0.15, 0.2) is 6.10 Å². The van der Waals surface area contributed by atoms with Gasteiger partial charge in [0.2, 0.25) is 0 Å². The van der Waals surface area contributed by atoms with E-state index in [0.29, 0.717) is 19.3 Å². The lowest BCUT2D eigenvalue weighted by Gasteiger charge is -2.18. The summed E-state index contributed by atoms with van der Waals surface area (Å²) in [6, 6.07) is 0. The summed E-state index contributed by atoms with van der Waals surface area (Å²) in [5.41, 5.74) is 0. The molecule has 0 spiro atoms. The average Bonchev–Trinajstić information content (AvgIpc) is 3.47. The molecule has 0 saturated carbocycles. The summed E-state index contributed by atoms with van der Waals surface area (Å²) in [4.78, 5) is 38.5. The Morgan fingerprint density at radius 2 is 0.476 bits per heavy atom. The van der Waals surface area contributed by atoms with E-state index in [2.05, 4.69) is 118 Å². The van der Waals surface area contributed by atoms with E-state index in [1.165, 1.54) is 193 Å². The van der Waals surface area contributed by atoms with Gasteiger partial charge in [0.05, 0.1) is 0 Å². The van der Waals surface area contributed by atoms with Crippen molar-refractivity contribution >= 4 is 17.9 Å². The zero-order valence-electron chi connectivity index (χ0n) is 54.2. The minimum atomic E-state index is -0.789. The predicted octanol–water partition coefficient (Wildman–Crippen LogP) is 24.4. The zero-order chi connectivity index (χ0) is 59.2. The Bertz CT molecular complexity index is 1590. The standard InChI is InChI=1S/C76H132O6/c1-4-7-10-13-16-19-22-25-28-31-33-34-35-36-37-38-39-40-41-42-44-45-48-51-54-57-60-63-66-69-75(78)81-72-73(71-80-74(77)68-65-62-59-56-53-50-47-30-27-24-21-18-15-12-9-6-3)82-76(79)70-67-64-61-58-55-52-49-46-43-32-29-26-23-20-17-14-11-8-5-2/h7,10,16-17,19-20,25-26,28-30,33-34,43,46-47,73H,4-6,8-9,11-15,18,21-24,27,31-32,35-42,44-45,48-72H2,1-3H3/b10-7-,19-16-,20-17-,28-25-,29-26-,34-33-,46-43-,47-30-. The van der Waals surface area contributed by atoms with Crippen LogP contribution in [0.3, 0.4) is 0 Å². The number of ether oxygens (including phenoxy) is 3. The Hall–Kier alpha value is -3.67. The number of allylic oxidation sites excluding steroid dienone is 16. The maximum Gasteiger partial charge on any atom is 0.306 e. The Balaban J connectivity index is 4.30. The summed E-state index contributed by atoms with van der Waals surface area (Å²) in [5, 5.41) is 0. The molecule has 0 radical (unpaired) electrons. The lowest BCUT2D eigenvalue weighted by Crippen LogP contribution is -2.30. The third-order valence-electron chi connectivity index (χ3n) is 15.3. The highest BCUT2D eigenvalue weighted by atomic mass is 16.6. The smallest absolute Gasteiger partial charge is 0.306 e. The molecule has 82 heavy (non-hydrogen) atoms. The highest BCUT2D eigenvalue weighted by Gasteiger charge is 2.19. The van der Waals surface area contributed by atoms with E-state index in [1.54, 1.807) is 0 Å². The number of hydrogen-bond donors (Lipinski definition) is 0. The third kappa shape index (κ3) is 67.1. The molecule has 472 valence electrons. The van der Waals surface area contributed by atoms with E-state index >= 15 is 0 Å². The van der Waals surface area contributed by atoms with Crippen LogP contribution in [0.5, 0.6) is 0 Å². The van der Waals surface area contributed by atoms with E-state index in [-0.39, 0.29) is 31.1 Å². The fourth-order valence-electron chi connectivity index (χ4n) is 10.0. The van der Waals surface area contributed by atoms with Crippen molar-refractivity contribution in [1.29, 1.82) is 0 Å². The van der Waals surface area contributed by atoms with Crippen LogP contribution in [-0.2, 0) is 28.6 Å². The molecular formula is C76H132O6. The first-order chi connectivity index (χ1) is 40.5. The number of unbranched alkanes of at least 4 members (excludes halogenated alkanes) is 37. The maximum absolute atomic E-state index is 12.9. The van der Waals surface area contributed by atoms with Gasteiger partial charge >= 0.3 is 17.9 Å². The van der Waals surface area contributed by atoms with Gasteiger partial charge in [0, 0.05) is 19.3 Å². The molecule has 0 aliphatic carbocycles. The Kier molecular flexibility index (Phi) is 66.7. The van der Waals surface area contributed by atoms with Gasteiger partial charge in [-0.3, -0.25) is 14.4 Å². The highest BCUT2D eigenvalue weighted by molar-refractivity contribution is 5.71. The highest BCUT2D eigenvalue weighted by Crippen LogP contribution is 2.17. The Morgan fingerprint density at radius 3 is 0.780 bits per heavy atom. The van der Waals surface area contributed by atoms with Gasteiger partial charge in [-0.25, -0.2) is 0 Å². The molecule has 0 saturated heterocycles. The van der Waals surface area contributed by atoms with Crippen molar-refractivity contribution < 1.29 is 28.6 Å². The second-order valence-electron chi connectivity index (χ2n) is 23.4. The third-order valence-corrected chi connectivity index (χ3v) is 15.3. The summed E-state index contributed by atoms with van der Waals surface area (Å²) in [5.74, 6) is -0.888. The van der Waals surface area contributed by atoms with Crippen molar-refractivity contribution in [2.24, 2.45) is 0 Å². The topological polar surface area (TPSA) is 78.9 Å². The molecule has 0 aromatic carbocycles. The van der Waals surface area contributed by atoms with Gasteiger partial charge in [-0.1, -0.05) is 304 Å². The van der Waals surface area contributed by atoms with Crippen LogP contribution in [0.15, 0.2) is 97.2 Å². The summed E-state index contributed by atoms with van der Waals surface area (Å²) in [6.45, 7) is 6.52. The predicted molar refractivity (Wildman–Crippen MR) is 357 cm³/mol. The van der Waals surface area contributed by atoms with Crippen LogP contribution >= 0.6 is 0 Å². The van der Waals surface area contributed by atoms with Crippen molar-refractivity contribution in [3.05, 3.63) is 97.2 Å². The van der Waals surface area contributed by atoms with E-state index in [1.807, 2.05) is 0 Å². The number of rotatable bonds is 64. The average molecular weight is 1140 g/mol. The first-order valence-electron chi connectivity index (χ1n) is 35.2. The Morgan fingerprint density at radius 1 is 0.256 bits per heavy atom. The van der Waals surface area contributed by atoms with Crippen LogP contribution in [0.4, 0.5) is 0 Å². The monoisotopic (exact) mass is 1140 g/mol. The van der Waals surface area contributed by atoms with Gasteiger partial charge in [0.25, 0.3) is 0 Å². The normalized spacial score (nSPS) is 12.7. The van der Waals surface area contributed by atoms with Gasteiger partial charge in [-0.05, 0) is 122 Å². The second-order valence-corrected chi connectivity index (χ2v) is 23.4. The van der Waals surface area contributed by atoms with Crippen LogP contribution in [0.1, 0.15) is 348 Å². The molecule has 0 aliphatic rings. The molecule has 0 N–H and O–H groups in total. The largest absolute Gasteiger partial charge is 0.462 e. The molecule has 0 bridgehead atoms. The van der Waals surface area contributed by atoms with E-state index in [9.17, 15) is 14.4 Å². The van der Waals surface area contributed by atoms with E-state index in [4.69, 9.17) is 14.2 Å². The van der Waals surface area contributed by atoms with Crippen LogP contribution in [0.25, 0.3) is 0 Å². The zero-order valence-corrected chi connectivity index (χ0v) is 54.2. The van der Waals surface area contributed by atoms with Gasteiger partial charge in [0.1, 0.15) is 13.2 Å². The summed E-state index contributed by atoms with van der Waals surface area (Å²) < 4.78 is 17.0. The summed E-state index contributed by atoms with van der Waals surface area (Å²) >= 11 is 0. The molecule has 0 heterocycles. The first-order valence-corrected chi connectivity index (χ1v) is 35.2. The van der Waals surface area contributed by atoms with Crippen LogP contribution in [0, 0.1) is 0 Å². The summed E-state index contributed by atoms with van der Waals surface area (Å²) in [7, 11) is 0. The molecule has 6 nitrogen and oxygen atoms in total. The quantitative estimate of drug-likeness (QED) is 0.0261. The molecule has 0 aliphatic heterocycles. The van der Waals surface area contributed by atoms with Crippen molar-refractivity contribution in [2.75, 3.05) is 13.2 Å². The molecule has 1 atom stereocenters. The fraction of sp³-hybridized carbons (Fsp3) is 0.750. The summed E-state index contributed by atoms with van der Waals surface area (Å²) in [6.07, 6.45) is 94.3. The van der Waals surface area contributed by atoms with Crippen LogP contribution < -0.4 is 0 Å². The van der Waals surface area contributed by atoms with Crippen LogP contribution in [0.2, 0.25) is 0 Å². The molecule has 0 aromatic heterocycles. The minimum absolute atomic E-state index is 0.0830. The van der Waals surface area contributed by atoms with E-state index < -0.39 is 6.10 Å². The Labute approximate surface area is 508 Å². The van der Waals surface area contributed by atoms with Crippen molar-refractivity contribution in [1.82, 2.24) is 0 Å². The number of esters is 3.